The SMILES string of the molecule is CC1(C)[C@@]2(C)CC[C@]1(C(=O)Nc1cccc3cccnc13)[C@H](Br)C2=O. The number of hydrogen-bond donors (Lipinski definition) is 1. The summed E-state index contributed by atoms with van der Waals surface area (Å²) < 4.78 is 0. The van der Waals surface area contributed by atoms with Crippen LogP contribution in [0.4, 0.5) is 5.69 Å². The van der Waals surface area contributed by atoms with Gasteiger partial charge in [0, 0.05) is 17.0 Å². The zero-order valence-electron chi connectivity index (χ0n) is 14.6. The van der Waals surface area contributed by atoms with E-state index in [9.17, 15) is 9.59 Å². The highest BCUT2D eigenvalue weighted by molar-refractivity contribution is 9.10. The number of ketones is 1. The Labute approximate surface area is 155 Å². The monoisotopic (exact) mass is 400 g/mol. The van der Waals surface area contributed by atoms with Gasteiger partial charge in [0.05, 0.1) is 21.4 Å². The van der Waals surface area contributed by atoms with Crippen LogP contribution < -0.4 is 5.32 Å². The first-order valence-corrected chi connectivity index (χ1v) is 9.51. The fourth-order valence-electron chi connectivity index (χ4n) is 4.89. The van der Waals surface area contributed by atoms with Gasteiger partial charge in [0.25, 0.3) is 0 Å². The van der Waals surface area contributed by atoms with E-state index in [1.807, 2.05) is 37.3 Å². The summed E-state index contributed by atoms with van der Waals surface area (Å²) in [7, 11) is 0. The third kappa shape index (κ3) is 1.85. The molecule has 1 amide bonds. The number of carbonyl (C=O) groups excluding carboxylic acids is 2. The first-order valence-electron chi connectivity index (χ1n) is 8.59. The average molecular weight is 401 g/mol. The molecule has 130 valence electrons. The summed E-state index contributed by atoms with van der Waals surface area (Å²) >= 11 is 3.57. The number of pyridine rings is 1. The summed E-state index contributed by atoms with van der Waals surface area (Å²) in [5, 5.41) is 4.06. The van der Waals surface area contributed by atoms with Crippen LogP contribution in [-0.2, 0) is 9.59 Å². The predicted octanol–water partition coefficient (Wildman–Crippen LogP) is 4.33. The summed E-state index contributed by atoms with van der Waals surface area (Å²) in [6, 6.07) is 9.60. The Hall–Kier alpha value is -1.75. The predicted molar refractivity (Wildman–Crippen MR) is 102 cm³/mol. The summed E-state index contributed by atoms with van der Waals surface area (Å²) in [6.07, 6.45) is 3.18. The van der Waals surface area contributed by atoms with Crippen molar-refractivity contribution in [3.63, 3.8) is 0 Å². The van der Waals surface area contributed by atoms with Gasteiger partial charge in [-0.3, -0.25) is 14.6 Å². The topological polar surface area (TPSA) is 59.1 Å². The Balaban J connectivity index is 1.78. The van der Waals surface area contributed by atoms with Crippen LogP contribution in [-0.4, -0.2) is 21.5 Å². The van der Waals surface area contributed by atoms with Gasteiger partial charge in [0.2, 0.25) is 5.91 Å². The third-order valence-corrected chi connectivity index (χ3v) is 8.20. The van der Waals surface area contributed by atoms with Crippen molar-refractivity contribution in [2.45, 2.75) is 38.4 Å². The Bertz CT molecular complexity index is 904. The van der Waals surface area contributed by atoms with Gasteiger partial charge < -0.3 is 5.32 Å². The van der Waals surface area contributed by atoms with Crippen molar-refractivity contribution in [2.75, 3.05) is 5.32 Å². The third-order valence-electron chi connectivity index (χ3n) is 7.01. The fourth-order valence-corrected chi connectivity index (χ4v) is 6.41. The van der Waals surface area contributed by atoms with Crippen LogP contribution in [0.15, 0.2) is 36.5 Å². The number of rotatable bonds is 2. The smallest absolute Gasteiger partial charge is 0.232 e. The molecule has 1 aromatic heterocycles. The number of Topliss-reactive ketones (excluding diaryl/α,β-unsaturated/α-hetero) is 1. The molecule has 0 spiro atoms. The normalized spacial score (nSPS) is 33.0. The number of nitrogens with zero attached hydrogens (tertiary/aromatic N) is 1. The molecule has 2 saturated carbocycles. The second-order valence-electron chi connectivity index (χ2n) is 7.99. The largest absolute Gasteiger partial charge is 0.324 e. The molecule has 4 rings (SSSR count). The highest BCUT2D eigenvalue weighted by atomic mass is 79.9. The average Bonchev–Trinajstić information content (AvgIpc) is 2.87. The molecule has 25 heavy (non-hydrogen) atoms. The number of carbonyl (C=O) groups is 2. The number of hydrogen-bond acceptors (Lipinski definition) is 3. The molecular weight excluding hydrogens is 380 g/mol. The Morgan fingerprint density at radius 3 is 2.60 bits per heavy atom. The van der Waals surface area contributed by atoms with Crippen LogP contribution in [0, 0.1) is 16.2 Å². The molecule has 1 N–H and O–H groups in total. The van der Waals surface area contributed by atoms with E-state index in [1.165, 1.54) is 0 Å². The minimum Gasteiger partial charge on any atom is -0.324 e. The number of halogens is 1. The van der Waals surface area contributed by atoms with E-state index in [0.29, 0.717) is 12.1 Å². The van der Waals surface area contributed by atoms with Crippen LogP contribution in [0.2, 0.25) is 0 Å². The molecule has 2 fully saturated rings. The van der Waals surface area contributed by atoms with Crippen molar-refractivity contribution in [2.24, 2.45) is 16.2 Å². The standard InChI is InChI=1S/C20H21BrN2O2/c1-18(2)19(3)9-10-20(18,15(21)16(19)24)17(25)23-13-8-4-6-12-7-5-11-22-14(12)13/h4-8,11,15H,9-10H2,1-3H3,(H,23,25)/t15-,19+,20-/m1/s1. The maximum absolute atomic E-state index is 13.4. The highest BCUT2D eigenvalue weighted by Crippen LogP contribution is 2.72. The van der Waals surface area contributed by atoms with Gasteiger partial charge in [-0.2, -0.15) is 0 Å². The Morgan fingerprint density at radius 2 is 1.92 bits per heavy atom. The van der Waals surface area contributed by atoms with Crippen LogP contribution in [0.1, 0.15) is 33.6 Å². The lowest BCUT2D eigenvalue weighted by Crippen LogP contribution is -2.48. The van der Waals surface area contributed by atoms with E-state index >= 15 is 0 Å². The molecule has 0 aliphatic heterocycles. The van der Waals surface area contributed by atoms with Crippen molar-refractivity contribution in [3.05, 3.63) is 36.5 Å². The van der Waals surface area contributed by atoms with Crippen molar-refractivity contribution in [1.82, 2.24) is 4.98 Å². The zero-order valence-corrected chi connectivity index (χ0v) is 16.2. The molecule has 2 bridgehead atoms. The lowest BCUT2D eigenvalue weighted by molar-refractivity contribution is -0.130. The number of aromatic nitrogens is 1. The van der Waals surface area contributed by atoms with Crippen LogP contribution >= 0.6 is 15.9 Å². The zero-order chi connectivity index (χ0) is 18.0. The van der Waals surface area contributed by atoms with Gasteiger partial charge in [0.1, 0.15) is 0 Å². The molecule has 0 saturated heterocycles. The maximum Gasteiger partial charge on any atom is 0.232 e. The number of para-hydroxylation sites is 1. The first-order chi connectivity index (χ1) is 11.8. The summed E-state index contributed by atoms with van der Waals surface area (Å²) in [6.45, 7) is 6.12. The molecule has 2 aliphatic carbocycles. The number of nitrogens with one attached hydrogen (secondary N) is 1. The van der Waals surface area contributed by atoms with Gasteiger partial charge in [-0.1, -0.05) is 54.9 Å². The van der Waals surface area contributed by atoms with Crippen LogP contribution in [0.5, 0.6) is 0 Å². The van der Waals surface area contributed by atoms with Gasteiger partial charge in [-0.05, 0) is 30.4 Å². The van der Waals surface area contributed by atoms with Gasteiger partial charge >= 0.3 is 0 Å². The lowest BCUT2D eigenvalue weighted by atomic mass is 9.64. The van der Waals surface area contributed by atoms with E-state index in [1.54, 1.807) is 6.20 Å². The summed E-state index contributed by atoms with van der Waals surface area (Å²) in [4.78, 5) is 30.2. The Kier molecular flexibility index (Phi) is 3.43. The highest BCUT2D eigenvalue weighted by Gasteiger charge is 2.76. The first kappa shape index (κ1) is 16.7. The molecule has 3 atom stereocenters. The molecular formula is C20H21BrN2O2. The number of alkyl halides is 1. The molecule has 4 nitrogen and oxygen atoms in total. The molecule has 2 aromatic rings. The van der Waals surface area contributed by atoms with Gasteiger partial charge in [0.15, 0.2) is 5.78 Å². The lowest BCUT2D eigenvalue weighted by Gasteiger charge is -2.39. The Morgan fingerprint density at radius 1 is 1.20 bits per heavy atom. The van der Waals surface area contributed by atoms with Crippen LogP contribution in [0.3, 0.4) is 0 Å². The van der Waals surface area contributed by atoms with E-state index in [4.69, 9.17) is 0 Å². The second-order valence-corrected chi connectivity index (χ2v) is 8.91. The maximum atomic E-state index is 13.4. The van der Waals surface area contributed by atoms with E-state index in [0.717, 1.165) is 17.3 Å². The van der Waals surface area contributed by atoms with Crippen molar-refractivity contribution >= 4 is 44.2 Å². The van der Waals surface area contributed by atoms with E-state index in [2.05, 4.69) is 40.1 Å². The van der Waals surface area contributed by atoms with E-state index < -0.39 is 21.1 Å². The molecule has 0 radical (unpaired) electrons. The van der Waals surface area contributed by atoms with E-state index in [-0.39, 0.29) is 11.7 Å². The van der Waals surface area contributed by atoms with Crippen LogP contribution in [0.25, 0.3) is 10.9 Å². The van der Waals surface area contributed by atoms with Gasteiger partial charge in [-0.25, -0.2) is 0 Å². The summed E-state index contributed by atoms with van der Waals surface area (Å²) in [5.74, 6) is 0.0575. The fraction of sp³-hybridized carbons (Fsp3) is 0.450. The minimum atomic E-state index is -0.740. The molecule has 1 aromatic carbocycles. The van der Waals surface area contributed by atoms with Gasteiger partial charge in [-0.15, -0.1) is 0 Å². The second kappa shape index (κ2) is 5.13. The number of amides is 1. The quantitative estimate of drug-likeness (QED) is 0.762. The van der Waals surface area contributed by atoms with Crippen molar-refractivity contribution in [1.29, 1.82) is 0 Å². The summed E-state index contributed by atoms with van der Waals surface area (Å²) in [5.41, 5.74) is -0.150. The van der Waals surface area contributed by atoms with Crippen molar-refractivity contribution < 1.29 is 9.59 Å². The molecule has 0 unspecified atom stereocenters. The number of anilines is 1. The van der Waals surface area contributed by atoms with Crippen molar-refractivity contribution in [3.8, 4) is 0 Å². The number of benzene rings is 1. The number of fused-ring (bicyclic) bond motifs is 3. The molecule has 5 heteroatoms. The molecule has 2 aliphatic rings. The minimum absolute atomic E-state index is 0.0906. The molecule has 1 heterocycles.